The molecule has 0 spiro atoms. The maximum absolute atomic E-state index is 13.0. The number of pyridine rings is 1. The molecule has 3 aromatic rings. The summed E-state index contributed by atoms with van der Waals surface area (Å²) in [6.07, 6.45) is 4.21. The molecule has 2 aromatic carbocycles. The summed E-state index contributed by atoms with van der Waals surface area (Å²) in [5.41, 5.74) is 2.79. The van der Waals surface area contributed by atoms with Gasteiger partial charge in [0.2, 0.25) is 5.91 Å². The van der Waals surface area contributed by atoms with E-state index in [1.54, 1.807) is 12.1 Å². The van der Waals surface area contributed by atoms with Crippen molar-refractivity contribution in [2.75, 3.05) is 23.3 Å². The molecule has 1 N–H and O–H groups in total. The van der Waals surface area contributed by atoms with Gasteiger partial charge in [-0.2, -0.15) is 0 Å². The Bertz CT molecular complexity index is 1030. The second kappa shape index (κ2) is 8.08. The molecule has 1 aliphatic rings. The van der Waals surface area contributed by atoms with Crippen molar-refractivity contribution < 1.29 is 9.18 Å². The molecule has 1 amide bonds. The van der Waals surface area contributed by atoms with E-state index in [2.05, 4.69) is 55.6 Å². The Labute approximate surface area is 172 Å². The van der Waals surface area contributed by atoms with Crippen LogP contribution in [0, 0.1) is 11.2 Å². The number of carbonyl (C=O) groups is 1. The van der Waals surface area contributed by atoms with E-state index in [0.29, 0.717) is 12.1 Å². The first-order chi connectivity index (χ1) is 13.9. The summed E-state index contributed by atoms with van der Waals surface area (Å²) in [4.78, 5) is 19.4. The van der Waals surface area contributed by atoms with Crippen LogP contribution in [0.2, 0.25) is 0 Å². The summed E-state index contributed by atoms with van der Waals surface area (Å²) in [7, 11) is 2.75. The normalized spacial score (nSPS) is 16.0. The standard InChI is InChI=1S/C23H25FN3OP/c1-23(15-22(28)26-17-4-2-16(24)3-5-17)9-12-27(13-10-23)21-8-11-25-20-7-6-18(29)14-19(20)21/h2-8,11,14H,9-10,12-13,15,29H2,1H3,(H,26,28). The number of amides is 1. The lowest BCUT2D eigenvalue weighted by Gasteiger charge is -2.40. The van der Waals surface area contributed by atoms with Gasteiger partial charge in [0, 0.05) is 42.5 Å². The number of carbonyl (C=O) groups excluding carboxylic acids is 1. The average molecular weight is 409 g/mol. The van der Waals surface area contributed by atoms with E-state index in [4.69, 9.17) is 0 Å². The van der Waals surface area contributed by atoms with E-state index >= 15 is 0 Å². The second-order valence-corrected chi connectivity index (χ2v) is 8.80. The van der Waals surface area contributed by atoms with Crippen molar-refractivity contribution in [2.45, 2.75) is 26.2 Å². The number of benzene rings is 2. The van der Waals surface area contributed by atoms with Gasteiger partial charge in [-0.05, 0) is 66.0 Å². The predicted molar refractivity (Wildman–Crippen MR) is 120 cm³/mol. The molecule has 0 aliphatic carbocycles. The lowest BCUT2D eigenvalue weighted by Crippen LogP contribution is -2.40. The summed E-state index contributed by atoms with van der Waals surface area (Å²) in [6, 6.07) is 14.2. The molecule has 29 heavy (non-hydrogen) atoms. The van der Waals surface area contributed by atoms with E-state index < -0.39 is 0 Å². The average Bonchev–Trinajstić information content (AvgIpc) is 2.70. The molecular weight excluding hydrogens is 384 g/mol. The van der Waals surface area contributed by atoms with Crippen LogP contribution in [0.25, 0.3) is 10.9 Å². The number of fused-ring (bicyclic) bond motifs is 1. The predicted octanol–water partition coefficient (Wildman–Crippen LogP) is 4.51. The third kappa shape index (κ3) is 4.56. The number of aromatic nitrogens is 1. The minimum Gasteiger partial charge on any atom is -0.371 e. The largest absolute Gasteiger partial charge is 0.371 e. The van der Waals surface area contributed by atoms with Gasteiger partial charge in [-0.15, -0.1) is 9.24 Å². The molecule has 1 unspecified atom stereocenters. The fourth-order valence-electron chi connectivity index (χ4n) is 4.02. The molecule has 4 nitrogen and oxygen atoms in total. The lowest BCUT2D eigenvalue weighted by molar-refractivity contribution is -0.118. The minimum absolute atomic E-state index is 0.0189. The molecule has 0 saturated carbocycles. The van der Waals surface area contributed by atoms with E-state index in [-0.39, 0.29) is 17.1 Å². The second-order valence-electron chi connectivity index (χ2n) is 8.14. The third-order valence-electron chi connectivity index (χ3n) is 5.77. The monoisotopic (exact) mass is 409 g/mol. The Morgan fingerprint density at radius 1 is 1.17 bits per heavy atom. The van der Waals surface area contributed by atoms with Crippen LogP contribution in [0.1, 0.15) is 26.2 Å². The first-order valence-electron chi connectivity index (χ1n) is 9.87. The van der Waals surface area contributed by atoms with Crippen molar-refractivity contribution in [1.29, 1.82) is 0 Å². The Hall–Kier alpha value is -2.52. The van der Waals surface area contributed by atoms with Crippen LogP contribution in [0.3, 0.4) is 0 Å². The summed E-state index contributed by atoms with van der Waals surface area (Å²) >= 11 is 0. The highest BCUT2D eigenvalue weighted by Crippen LogP contribution is 2.37. The van der Waals surface area contributed by atoms with Gasteiger partial charge in [-0.3, -0.25) is 9.78 Å². The molecule has 1 fully saturated rings. The molecule has 1 atom stereocenters. The fraction of sp³-hybridized carbons (Fsp3) is 0.304. The Morgan fingerprint density at radius 3 is 2.62 bits per heavy atom. The Morgan fingerprint density at radius 2 is 1.90 bits per heavy atom. The van der Waals surface area contributed by atoms with Gasteiger partial charge in [-0.25, -0.2) is 4.39 Å². The number of nitrogens with zero attached hydrogens (tertiary/aromatic N) is 2. The zero-order valence-corrected chi connectivity index (χ0v) is 17.6. The van der Waals surface area contributed by atoms with Gasteiger partial charge < -0.3 is 10.2 Å². The van der Waals surface area contributed by atoms with Crippen LogP contribution < -0.4 is 15.5 Å². The highest BCUT2D eigenvalue weighted by atomic mass is 31.0. The highest BCUT2D eigenvalue weighted by Gasteiger charge is 2.32. The molecule has 1 aliphatic heterocycles. The molecule has 2 heterocycles. The smallest absolute Gasteiger partial charge is 0.224 e. The van der Waals surface area contributed by atoms with Crippen molar-refractivity contribution in [3.8, 4) is 0 Å². The quantitative estimate of drug-likeness (QED) is 0.645. The summed E-state index contributed by atoms with van der Waals surface area (Å²) in [5, 5.41) is 5.19. The summed E-state index contributed by atoms with van der Waals surface area (Å²) < 4.78 is 13.0. The van der Waals surface area contributed by atoms with Gasteiger partial charge in [0.25, 0.3) is 0 Å². The maximum Gasteiger partial charge on any atom is 0.224 e. The topological polar surface area (TPSA) is 45.2 Å². The third-order valence-corrected chi connectivity index (χ3v) is 6.13. The van der Waals surface area contributed by atoms with Crippen LogP contribution in [0.5, 0.6) is 0 Å². The van der Waals surface area contributed by atoms with Crippen LogP contribution in [0.4, 0.5) is 15.8 Å². The molecule has 1 aromatic heterocycles. The maximum atomic E-state index is 13.0. The first-order valence-corrected chi connectivity index (χ1v) is 10.4. The number of hydrogen-bond acceptors (Lipinski definition) is 3. The number of hydrogen-bond donors (Lipinski definition) is 1. The molecule has 4 rings (SSSR count). The SMILES string of the molecule is CC1(CC(=O)Nc2ccc(F)cc2)CCN(c2ccnc3ccc(P)cc23)CC1. The van der Waals surface area contributed by atoms with E-state index in [1.807, 2.05) is 6.20 Å². The van der Waals surface area contributed by atoms with Crippen molar-refractivity contribution in [3.05, 3.63) is 60.5 Å². The van der Waals surface area contributed by atoms with Gasteiger partial charge in [0.1, 0.15) is 5.82 Å². The van der Waals surface area contributed by atoms with Gasteiger partial charge in [-0.1, -0.05) is 13.0 Å². The van der Waals surface area contributed by atoms with Crippen molar-refractivity contribution >= 4 is 42.7 Å². The van der Waals surface area contributed by atoms with Crippen LogP contribution in [0.15, 0.2) is 54.7 Å². The molecular formula is C23H25FN3OP. The molecule has 6 heteroatoms. The lowest BCUT2D eigenvalue weighted by atomic mass is 9.77. The van der Waals surface area contributed by atoms with Crippen molar-refractivity contribution in [1.82, 2.24) is 4.98 Å². The Kier molecular flexibility index (Phi) is 5.51. The fourth-order valence-corrected chi connectivity index (χ4v) is 4.28. The molecule has 150 valence electrons. The molecule has 1 saturated heterocycles. The zero-order valence-electron chi connectivity index (χ0n) is 16.5. The number of anilines is 2. The summed E-state index contributed by atoms with van der Waals surface area (Å²) in [5.74, 6) is -0.325. The van der Waals surface area contributed by atoms with E-state index in [1.165, 1.54) is 17.8 Å². The van der Waals surface area contributed by atoms with Crippen molar-refractivity contribution in [3.63, 3.8) is 0 Å². The van der Waals surface area contributed by atoms with Gasteiger partial charge in [0.05, 0.1) is 5.52 Å². The highest BCUT2D eigenvalue weighted by molar-refractivity contribution is 7.27. The van der Waals surface area contributed by atoms with Crippen LogP contribution in [-0.2, 0) is 4.79 Å². The van der Waals surface area contributed by atoms with Crippen molar-refractivity contribution in [2.24, 2.45) is 5.41 Å². The molecule has 0 bridgehead atoms. The van der Waals surface area contributed by atoms with Gasteiger partial charge in [0.15, 0.2) is 0 Å². The number of halogens is 1. The van der Waals surface area contributed by atoms with Gasteiger partial charge >= 0.3 is 0 Å². The zero-order chi connectivity index (χ0) is 20.4. The van der Waals surface area contributed by atoms with E-state index in [9.17, 15) is 9.18 Å². The number of piperidine rings is 1. The minimum atomic E-state index is -0.306. The molecule has 0 radical (unpaired) electrons. The van der Waals surface area contributed by atoms with E-state index in [0.717, 1.165) is 42.1 Å². The number of rotatable bonds is 4. The summed E-state index contributed by atoms with van der Waals surface area (Å²) in [6.45, 7) is 3.99. The van der Waals surface area contributed by atoms with Crippen LogP contribution >= 0.6 is 9.24 Å². The first kappa shape index (κ1) is 19.8. The number of nitrogens with one attached hydrogen (secondary N) is 1. The van der Waals surface area contributed by atoms with Crippen LogP contribution in [-0.4, -0.2) is 24.0 Å². The Balaban J connectivity index is 1.41.